The third-order valence-corrected chi connectivity index (χ3v) is 3.57. The monoisotopic (exact) mass is 427 g/mol. The fourth-order valence-electron chi connectivity index (χ4n) is 1.39. The summed E-state index contributed by atoms with van der Waals surface area (Å²) in [4.78, 5) is 17.6. The molecule has 0 saturated carbocycles. The summed E-state index contributed by atoms with van der Waals surface area (Å²) in [6.45, 7) is 0. The molecule has 1 aromatic heterocycles. The van der Waals surface area contributed by atoms with Crippen molar-refractivity contribution in [3.63, 3.8) is 0 Å². The number of aromatic amines is 1. The van der Waals surface area contributed by atoms with Crippen LogP contribution in [0.25, 0.3) is 0 Å². The van der Waals surface area contributed by atoms with Crippen molar-refractivity contribution >= 4 is 43.4 Å². The molecule has 0 aliphatic heterocycles. The molecule has 0 atom stereocenters. The van der Waals surface area contributed by atoms with Crippen LogP contribution in [0.2, 0.25) is 0 Å². The highest BCUT2D eigenvalue weighted by molar-refractivity contribution is 9.11. The van der Waals surface area contributed by atoms with Crippen LogP contribution in [0.4, 0.5) is 24.7 Å². The normalized spacial score (nSPS) is 11.3. The summed E-state index contributed by atoms with van der Waals surface area (Å²) >= 11 is 6.04. The lowest BCUT2D eigenvalue weighted by Gasteiger charge is -2.12. The van der Waals surface area contributed by atoms with Crippen molar-refractivity contribution in [3.8, 4) is 5.75 Å². The molecule has 2 rings (SSSR count). The molecule has 1 heterocycles. The van der Waals surface area contributed by atoms with Gasteiger partial charge < -0.3 is 15.0 Å². The maximum absolute atomic E-state index is 12.2. The van der Waals surface area contributed by atoms with Crippen LogP contribution in [0, 0.1) is 0 Å². The van der Waals surface area contributed by atoms with Gasteiger partial charge >= 0.3 is 6.36 Å². The Balaban J connectivity index is 2.25. The molecular weight excluding hydrogens is 423 g/mol. The summed E-state index contributed by atoms with van der Waals surface area (Å²) < 4.78 is 40.6. The van der Waals surface area contributed by atoms with Crippen molar-refractivity contribution in [2.24, 2.45) is 0 Å². The molecule has 0 fully saturated rings. The zero-order valence-electron chi connectivity index (χ0n) is 9.96. The van der Waals surface area contributed by atoms with E-state index in [1.807, 2.05) is 0 Å². The fourth-order valence-corrected chi connectivity index (χ4v) is 2.17. The number of hydrogen-bond donors (Lipinski definition) is 2. The smallest absolute Gasteiger partial charge is 0.405 e. The summed E-state index contributed by atoms with van der Waals surface area (Å²) in [5.41, 5.74) is 0.0405. The van der Waals surface area contributed by atoms with Crippen LogP contribution in [0.3, 0.4) is 0 Å². The van der Waals surface area contributed by atoms with Crippen LogP contribution < -0.4 is 15.6 Å². The van der Waals surface area contributed by atoms with E-state index in [0.29, 0.717) is 5.69 Å². The predicted molar refractivity (Wildman–Crippen MR) is 76.7 cm³/mol. The lowest BCUT2D eigenvalue weighted by atomic mass is 10.3. The van der Waals surface area contributed by atoms with E-state index in [1.165, 1.54) is 18.5 Å². The third-order valence-electron chi connectivity index (χ3n) is 2.22. The summed E-state index contributed by atoms with van der Waals surface area (Å²) in [5, 5.41) is 2.80. The number of anilines is 2. The van der Waals surface area contributed by atoms with Crippen molar-refractivity contribution in [1.82, 2.24) is 9.97 Å². The largest absolute Gasteiger partial charge is 0.573 e. The zero-order chi connectivity index (χ0) is 15.6. The van der Waals surface area contributed by atoms with Gasteiger partial charge in [-0.3, -0.25) is 4.79 Å². The number of benzene rings is 1. The summed E-state index contributed by atoms with van der Waals surface area (Å²) in [6.07, 6.45) is -3.57. The maximum atomic E-state index is 12.2. The highest BCUT2D eigenvalue weighted by Crippen LogP contribution is 2.33. The van der Waals surface area contributed by atoms with Crippen LogP contribution >= 0.6 is 31.9 Å². The molecule has 0 saturated heterocycles. The van der Waals surface area contributed by atoms with Crippen LogP contribution in [-0.2, 0) is 0 Å². The van der Waals surface area contributed by atoms with E-state index in [0.717, 1.165) is 6.07 Å². The molecule has 0 amide bonds. The molecule has 2 N–H and O–H groups in total. The number of rotatable bonds is 3. The second-order valence-electron chi connectivity index (χ2n) is 3.71. The van der Waals surface area contributed by atoms with Gasteiger partial charge in [0, 0.05) is 5.69 Å². The van der Waals surface area contributed by atoms with Crippen molar-refractivity contribution in [3.05, 3.63) is 43.8 Å². The van der Waals surface area contributed by atoms with E-state index in [2.05, 4.69) is 51.9 Å². The van der Waals surface area contributed by atoms with Crippen LogP contribution in [0.5, 0.6) is 5.75 Å². The molecule has 10 heteroatoms. The Labute approximate surface area is 132 Å². The van der Waals surface area contributed by atoms with E-state index >= 15 is 0 Å². The van der Waals surface area contributed by atoms with E-state index in [9.17, 15) is 18.0 Å². The number of H-pyrrole nitrogens is 1. The number of hydrogen-bond acceptors (Lipinski definition) is 4. The van der Waals surface area contributed by atoms with E-state index in [-0.39, 0.29) is 26.1 Å². The first-order valence-electron chi connectivity index (χ1n) is 5.32. The summed E-state index contributed by atoms with van der Waals surface area (Å²) in [6, 6.07) is 3.87. The van der Waals surface area contributed by atoms with E-state index in [1.54, 1.807) is 0 Å². The second kappa shape index (κ2) is 6.06. The first-order valence-corrected chi connectivity index (χ1v) is 6.90. The fraction of sp³-hybridized carbons (Fsp3) is 0.0909. The van der Waals surface area contributed by atoms with Gasteiger partial charge in [0.15, 0.2) is 5.82 Å². The minimum atomic E-state index is -4.77. The summed E-state index contributed by atoms with van der Waals surface area (Å²) in [7, 11) is 0. The molecule has 0 radical (unpaired) electrons. The van der Waals surface area contributed by atoms with Crippen LogP contribution in [-0.4, -0.2) is 16.3 Å². The molecule has 0 spiro atoms. The Morgan fingerprint density at radius 3 is 2.62 bits per heavy atom. The van der Waals surface area contributed by atoms with Gasteiger partial charge in [-0.25, -0.2) is 4.98 Å². The molecule has 21 heavy (non-hydrogen) atoms. The molecule has 2 aromatic rings. The van der Waals surface area contributed by atoms with Gasteiger partial charge in [-0.15, -0.1) is 13.2 Å². The third kappa shape index (κ3) is 4.21. The Morgan fingerprint density at radius 2 is 2.00 bits per heavy atom. The summed E-state index contributed by atoms with van der Waals surface area (Å²) in [5.74, 6) is -0.138. The molecule has 0 bridgehead atoms. The molecule has 0 unspecified atom stereocenters. The number of nitrogens with one attached hydrogen (secondary N) is 2. The van der Waals surface area contributed by atoms with Gasteiger partial charge in [-0.1, -0.05) is 0 Å². The van der Waals surface area contributed by atoms with Crippen LogP contribution in [0.15, 0.2) is 38.3 Å². The van der Waals surface area contributed by atoms with Crippen molar-refractivity contribution in [2.75, 3.05) is 5.32 Å². The Kier molecular flexibility index (Phi) is 4.57. The van der Waals surface area contributed by atoms with Crippen molar-refractivity contribution < 1.29 is 17.9 Å². The number of nitrogens with zero attached hydrogens (tertiary/aromatic N) is 1. The highest BCUT2D eigenvalue weighted by atomic mass is 79.9. The first kappa shape index (κ1) is 15.8. The van der Waals surface area contributed by atoms with Gasteiger partial charge in [0.05, 0.1) is 10.8 Å². The molecule has 5 nitrogen and oxygen atoms in total. The van der Waals surface area contributed by atoms with E-state index < -0.39 is 6.36 Å². The quantitative estimate of drug-likeness (QED) is 0.777. The van der Waals surface area contributed by atoms with Crippen LogP contribution in [0.1, 0.15) is 0 Å². The van der Waals surface area contributed by atoms with Gasteiger partial charge in [-0.05, 0) is 50.1 Å². The Bertz CT molecular complexity index is 719. The van der Waals surface area contributed by atoms with Gasteiger partial charge in [0.2, 0.25) is 0 Å². The van der Waals surface area contributed by atoms with Gasteiger partial charge in [0.25, 0.3) is 5.56 Å². The van der Waals surface area contributed by atoms with Gasteiger partial charge in [0.1, 0.15) is 10.2 Å². The first-order chi connectivity index (χ1) is 9.76. The second-order valence-corrected chi connectivity index (χ2v) is 5.36. The minimum absolute atomic E-state index is 0.103. The Hall–Kier alpha value is -1.55. The molecule has 0 aliphatic carbocycles. The molecule has 1 aromatic carbocycles. The number of halogens is 5. The number of alkyl halides is 3. The lowest BCUT2D eigenvalue weighted by Crippen LogP contribution is -2.17. The number of aromatic nitrogens is 2. The number of ether oxygens (including phenoxy) is 1. The Morgan fingerprint density at radius 1 is 1.29 bits per heavy atom. The SMILES string of the molecule is O=c1[nH]cnc(Nc2ccc(OC(F)(F)F)c(Br)c2)c1Br. The lowest BCUT2D eigenvalue weighted by molar-refractivity contribution is -0.274. The van der Waals surface area contributed by atoms with Crippen molar-refractivity contribution in [1.29, 1.82) is 0 Å². The minimum Gasteiger partial charge on any atom is -0.405 e. The standard InChI is InChI=1S/C11H6Br2F3N3O2/c12-6-3-5(1-2-7(6)21-11(14,15)16)19-9-8(13)10(20)18-4-17-9/h1-4H,(H2,17,18,19,20). The average Bonchev–Trinajstić information content (AvgIpc) is 2.37. The zero-order valence-corrected chi connectivity index (χ0v) is 13.1. The topological polar surface area (TPSA) is 67.0 Å². The predicted octanol–water partition coefficient (Wildman–Crippen LogP) is 3.94. The molecular formula is C11H6Br2F3N3O2. The average molecular weight is 429 g/mol. The molecule has 0 aliphatic rings. The maximum Gasteiger partial charge on any atom is 0.573 e. The van der Waals surface area contributed by atoms with Crippen molar-refractivity contribution in [2.45, 2.75) is 6.36 Å². The molecule has 112 valence electrons. The van der Waals surface area contributed by atoms with Gasteiger partial charge in [-0.2, -0.15) is 0 Å². The van der Waals surface area contributed by atoms with E-state index in [4.69, 9.17) is 0 Å². The highest BCUT2D eigenvalue weighted by Gasteiger charge is 2.31.